The van der Waals surface area contributed by atoms with Crippen molar-refractivity contribution >= 4 is 11.8 Å². The van der Waals surface area contributed by atoms with E-state index in [0.717, 1.165) is 18.4 Å². The molecule has 124 valence electrons. The molecule has 3 rings (SSSR count). The minimum Gasteiger partial charge on any atom is -0.496 e. The summed E-state index contributed by atoms with van der Waals surface area (Å²) in [5, 5.41) is 5.69. The van der Waals surface area contributed by atoms with Crippen LogP contribution in [0.25, 0.3) is 0 Å². The first-order chi connectivity index (χ1) is 11.7. The number of rotatable bonds is 6. The van der Waals surface area contributed by atoms with Crippen LogP contribution in [0.15, 0.2) is 42.6 Å². The third-order valence-electron chi connectivity index (χ3n) is 3.80. The second-order valence-electron chi connectivity index (χ2n) is 5.67. The first kappa shape index (κ1) is 16.0. The molecule has 0 aliphatic heterocycles. The smallest absolute Gasteiger partial charge is 0.270 e. The Balaban J connectivity index is 1.65. The van der Waals surface area contributed by atoms with E-state index in [1.807, 2.05) is 24.3 Å². The maximum atomic E-state index is 12.3. The van der Waals surface area contributed by atoms with Gasteiger partial charge in [-0.15, -0.1) is 0 Å². The second-order valence-corrected chi connectivity index (χ2v) is 5.67. The van der Waals surface area contributed by atoms with Gasteiger partial charge >= 0.3 is 0 Å². The molecule has 0 saturated heterocycles. The summed E-state index contributed by atoms with van der Waals surface area (Å²) in [5.74, 6) is 0.212. The van der Waals surface area contributed by atoms with Crippen LogP contribution in [0.5, 0.6) is 5.75 Å². The van der Waals surface area contributed by atoms with Crippen molar-refractivity contribution in [1.82, 2.24) is 15.6 Å². The minimum absolute atomic E-state index is 0.168. The molecule has 1 saturated carbocycles. The molecule has 24 heavy (non-hydrogen) atoms. The number of para-hydroxylation sites is 1. The lowest BCUT2D eigenvalue weighted by molar-refractivity contribution is 0.0945. The monoisotopic (exact) mass is 325 g/mol. The van der Waals surface area contributed by atoms with E-state index in [1.165, 1.54) is 12.3 Å². The molecule has 0 bridgehead atoms. The van der Waals surface area contributed by atoms with Crippen LogP contribution in [0.2, 0.25) is 0 Å². The Hall–Kier alpha value is -2.89. The average Bonchev–Trinajstić information content (AvgIpc) is 3.44. The lowest BCUT2D eigenvalue weighted by Gasteiger charge is -2.10. The normalized spacial score (nSPS) is 13.2. The number of amides is 2. The standard InChI is InChI=1S/C18H19N3O3/c1-24-16-5-3-2-4-13(16)11-20-18(23)15-10-12(8-9-19-15)17(22)21-14-6-7-14/h2-5,8-10,14H,6-7,11H2,1H3,(H,20,23)(H,21,22). The van der Waals surface area contributed by atoms with E-state index in [1.54, 1.807) is 13.2 Å². The number of nitrogens with zero attached hydrogens (tertiary/aromatic N) is 1. The highest BCUT2D eigenvalue weighted by Crippen LogP contribution is 2.19. The Morgan fingerprint density at radius 1 is 1.21 bits per heavy atom. The first-order valence-electron chi connectivity index (χ1n) is 7.84. The molecule has 6 heteroatoms. The van der Waals surface area contributed by atoms with E-state index in [-0.39, 0.29) is 23.6 Å². The van der Waals surface area contributed by atoms with E-state index in [2.05, 4.69) is 15.6 Å². The lowest BCUT2D eigenvalue weighted by Crippen LogP contribution is -2.27. The Kier molecular flexibility index (Phi) is 4.74. The largest absolute Gasteiger partial charge is 0.496 e. The summed E-state index contributed by atoms with van der Waals surface area (Å²) in [6, 6.07) is 10.9. The number of benzene rings is 1. The van der Waals surface area contributed by atoms with Crippen molar-refractivity contribution in [2.75, 3.05) is 7.11 Å². The summed E-state index contributed by atoms with van der Waals surface area (Å²) in [6.45, 7) is 0.322. The molecule has 0 radical (unpaired) electrons. The summed E-state index contributed by atoms with van der Waals surface area (Å²) < 4.78 is 5.26. The van der Waals surface area contributed by atoms with E-state index >= 15 is 0 Å². The van der Waals surface area contributed by atoms with Gasteiger partial charge in [0.15, 0.2) is 0 Å². The number of carbonyl (C=O) groups excluding carboxylic acids is 2. The molecule has 1 heterocycles. The molecule has 1 aromatic heterocycles. The Morgan fingerprint density at radius 2 is 2.00 bits per heavy atom. The summed E-state index contributed by atoms with van der Waals surface area (Å²) in [6.07, 6.45) is 3.51. The number of pyridine rings is 1. The molecule has 1 aliphatic rings. The molecule has 2 amide bonds. The van der Waals surface area contributed by atoms with Crippen LogP contribution >= 0.6 is 0 Å². The fourth-order valence-electron chi connectivity index (χ4n) is 2.31. The molecule has 1 fully saturated rings. The van der Waals surface area contributed by atoms with Crippen LogP contribution in [0.1, 0.15) is 39.3 Å². The van der Waals surface area contributed by atoms with Gasteiger partial charge in [0, 0.05) is 29.9 Å². The van der Waals surface area contributed by atoms with Crippen molar-refractivity contribution < 1.29 is 14.3 Å². The number of hydrogen-bond acceptors (Lipinski definition) is 4. The van der Waals surface area contributed by atoms with Gasteiger partial charge in [0.05, 0.1) is 7.11 Å². The van der Waals surface area contributed by atoms with Crippen LogP contribution in [0, 0.1) is 0 Å². The SMILES string of the molecule is COc1ccccc1CNC(=O)c1cc(C(=O)NC2CC2)ccn1. The van der Waals surface area contributed by atoms with Crippen LogP contribution < -0.4 is 15.4 Å². The van der Waals surface area contributed by atoms with Crippen LogP contribution in [0.4, 0.5) is 0 Å². The lowest BCUT2D eigenvalue weighted by atomic mass is 10.2. The van der Waals surface area contributed by atoms with Gasteiger partial charge in [-0.25, -0.2) is 0 Å². The van der Waals surface area contributed by atoms with Gasteiger partial charge in [0.2, 0.25) is 0 Å². The number of aromatic nitrogens is 1. The van der Waals surface area contributed by atoms with Crippen LogP contribution in [-0.4, -0.2) is 29.9 Å². The Morgan fingerprint density at radius 3 is 2.75 bits per heavy atom. The van der Waals surface area contributed by atoms with Gasteiger partial charge in [-0.05, 0) is 31.0 Å². The van der Waals surface area contributed by atoms with Gasteiger partial charge in [-0.3, -0.25) is 14.6 Å². The number of hydrogen-bond donors (Lipinski definition) is 2. The molecule has 1 aromatic carbocycles. The number of methoxy groups -OCH3 is 1. The van der Waals surface area contributed by atoms with E-state index < -0.39 is 0 Å². The molecule has 2 aromatic rings. The Labute approximate surface area is 140 Å². The van der Waals surface area contributed by atoms with E-state index in [0.29, 0.717) is 17.9 Å². The van der Waals surface area contributed by atoms with Crippen LogP contribution in [0.3, 0.4) is 0 Å². The summed E-state index contributed by atoms with van der Waals surface area (Å²) in [4.78, 5) is 28.4. The summed E-state index contributed by atoms with van der Waals surface area (Å²) >= 11 is 0. The summed E-state index contributed by atoms with van der Waals surface area (Å²) in [5.41, 5.74) is 1.53. The molecular weight excluding hydrogens is 306 g/mol. The fourth-order valence-corrected chi connectivity index (χ4v) is 2.31. The van der Waals surface area contributed by atoms with Crippen molar-refractivity contribution in [1.29, 1.82) is 0 Å². The third-order valence-corrected chi connectivity index (χ3v) is 3.80. The van der Waals surface area contributed by atoms with E-state index in [4.69, 9.17) is 4.74 Å². The van der Waals surface area contributed by atoms with Gasteiger partial charge in [-0.1, -0.05) is 18.2 Å². The minimum atomic E-state index is -0.332. The topological polar surface area (TPSA) is 80.3 Å². The van der Waals surface area contributed by atoms with Gasteiger partial charge < -0.3 is 15.4 Å². The molecule has 1 aliphatic carbocycles. The zero-order valence-corrected chi connectivity index (χ0v) is 13.4. The highest BCUT2D eigenvalue weighted by atomic mass is 16.5. The molecule has 0 spiro atoms. The maximum Gasteiger partial charge on any atom is 0.270 e. The highest BCUT2D eigenvalue weighted by molar-refractivity contribution is 5.98. The van der Waals surface area contributed by atoms with Crippen LogP contribution in [-0.2, 0) is 6.54 Å². The molecule has 0 atom stereocenters. The van der Waals surface area contributed by atoms with E-state index in [9.17, 15) is 9.59 Å². The van der Waals surface area contributed by atoms with Crippen molar-refractivity contribution in [3.05, 3.63) is 59.4 Å². The number of carbonyl (C=O) groups is 2. The van der Waals surface area contributed by atoms with Crippen molar-refractivity contribution in [2.45, 2.75) is 25.4 Å². The average molecular weight is 325 g/mol. The number of ether oxygens (including phenoxy) is 1. The third kappa shape index (κ3) is 3.90. The quantitative estimate of drug-likeness (QED) is 0.850. The number of nitrogens with one attached hydrogen (secondary N) is 2. The Bertz CT molecular complexity index is 757. The highest BCUT2D eigenvalue weighted by Gasteiger charge is 2.24. The fraction of sp³-hybridized carbons (Fsp3) is 0.278. The van der Waals surface area contributed by atoms with Crippen molar-refractivity contribution in [3.63, 3.8) is 0 Å². The van der Waals surface area contributed by atoms with Crippen molar-refractivity contribution in [2.24, 2.45) is 0 Å². The molecule has 6 nitrogen and oxygen atoms in total. The second kappa shape index (κ2) is 7.12. The van der Waals surface area contributed by atoms with Gasteiger partial charge in [-0.2, -0.15) is 0 Å². The molecule has 0 unspecified atom stereocenters. The molecule has 2 N–H and O–H groups in total. The molecular formula is C18H19N3O3. The zero-order valence-electron chi connectivity index (χ0n) is 13.4. The van der Waals surface area contributed by atoms with Crippen molar-refractivity contribution in [3.8, 4) is 5.75 Å². The predicted molar refractivity (Wildman–Crippen MR) is 88.9 cm³/mol. The van der Waals surface area contributed by atoms with Gasteiger partial charge in [0.25, 0.3) is 11.8 Å². The maximum absolute atomic E-state index is 12.3. The first-order valence-corrected chi connectivity index (χ1v) is 7.84. The van der Waals surface area contributed by atoms with Gasteiger partial charge in [0.1, 0.15) is 11.4 Å². The predicted octanol–water partition coefficient (Wildman–Crippen LogP) is 1.91. The summed E-state index contributed by atoms with van der Waals surface area (Å²) in [7, 11) is 1.59. The zero-order chi connectivity index (χ0) is 16.9.